The van der Waals surface area contributed by atoms with Gasteiger partial charge in [-0.2, -0.15) is 0 Å². The standard InChI is InChI=1S/C33H38N4O6/c1-3-22-23-16-21(43-32(40)36-14-10-20(11-15-36)35-12-6-5-7-13-35)8-9-27(23)34-29-24(22)18-37-28(29)17-26-25(30(37)38)19-42-31(39)33(26,41)4-2/h8-9,16-17,20,41H,3-7,10-15,18-19H2,1-2H3/t33-/m0/s1/i1D3,3D2. The van der Waals surface area contributed by atoms with Gasteiger partial charge in [-0.25, -0.2) is 14.6 Å². The van der Waals surface area contributed by atoms with Crippen molar-refractivity contribution < 1.29 is 31.0 Å². The summed E-state index contributed by atoms with van der Waals surface area (Å²) in [6, 6.07) is 6.41. The van der Waals surface area contributed by atoms with E-state index < -0.39 is 36.4 Å². The van der Waals surface area contributed by atoms with Crippen LogP contribution in [-0.2, 0) is 34.7 Å². The Labute approximate surface area is 257 Å². The number of aliphatic hydroxyl groups is 1. The first-order chi connectivity index (χ1) is 22.7. The van der Waals surface area contributed by atoms with Gasteiger partial charge in [0.05, 0.1) is 29.0 Å². The molecule has 4 aliphatic heterocycles. The first-order valence-corrected chi connectivity index (χ1v) is 15.1. The maximum Gasteiger partial charge on any atom is 0.415 e. The molecule has 0 unspecified atom stereocenters. The van der Waals surface area contributed by atoms with Crippen LogP contribution in [0.25, 0.3) is 22.3 Å². The van der Waals surface area contributed by atoms with E-state index in [-0.39, 0.29) is 69.9 Å². The minimum atomic E-state index is -3.11. The monoisotopic (exact) mass is 591 g/mol. The third-order valence-corrected chi connectivity index (χ3v) is 9.62. The van der Waals surface area contributed by atoms with Crippen molar-refractivity contribution in [1.82, 2.24) is 19.4 Å². The fourth-order valence-corrected chi connectivity index (χ4v) is 7.13. The molecule has 0 radical (unpaired) electrons. The molecule has 4 aliphatic rings. The largest absolute Gasteiger partial charge is 0.458 e. The Morgan fingerprint density at radius 3 is 2.70 bits per heavy atom. The Kier molecular flexibility index (Phi) is 5.68. The molecule has 1 amide bonds. The number of carbonyl (C=O) groups is 2. The topological polar surface area (TPSA) is 114 Å². The third-order valence-electron chi connectivity index (χ3n) is 9.62. The lowest BCUT2D eigenvalue weighted by Crippen LogP contribution is -2.48. The summed E-state index contributed by atoms with van der Waals surface area (Å²) in [6.45, 7) is 1.23. The molecule has 1 atom stereocenters. The average molecular weight is 592 g/mol. The lowest BCUT2D eigenvalue weighted by molar-refractivity contribution is -0.172. The van der Waals surface area contributed by atoms with Crippen molar-refractivity contribution in [2.45, 2.75) is 83.5 Å². The van der Waals surface area contributed by atoms with E-state index in [1.54, 1.807) is 11.8 Å². The van der Waals surface area contributed by atoms with E-state index in [2.05, 4.69) is 4.90 Å². The normalized spacial score (nSPS) is 24.6. The van der Waals surface area contributed by atoms with Gasteiger partial charge in [-0.15, -0.1) is 0 Å². The van der Waals surface area contributed by atoms with E-state index in [4.69, 9.17) is 21.3 Å². The molecule has 2 saturated heterocycles. The van der Waals surface area contributed by atoms with Crippen molar-refractivity contribution in [1.29, 1.82) is 0 Å². The van der Waals surface area contributed by atoms with Gasteiger partial charge in [0.1, 0.15) is 12.4 Å². The maximum absolute atomic E-state index is 13.7. The average Bonchev–Trinajstić information content (AvgIpc) is 3.43. The highest BCUT2D eigenvalue weighted by molar-refractivity contribution is 5.90. The van der Waals surface area contributed by atoms with Crippen molar-refractivity contribution >= 4 is 23.0 Å². The van der Waals surface area contributed by atoms with E-state index in [0.717, 1.165) is 25.9 Å². The molecule has 0 bridgehead atoms. The number of piperidine rings is 2. The zero-order chi connectivity index (χ0) is 34.2. The van der Waals surface area contributed by atoms with Crippen LogP contribution in [0.2, 0.25) is 0 Å². The quantitative estimate of drug-likeness (QED) is 0.353. The molecule has 6 heterocycles. The van der Waals surface area contributed by atoms with Crippen LogP contribution in [-0.4, -0.2) is 68.7 Å². The van der Waals surface area contributed by atoms with Crippen LogP contribution in [0, 0.1) is 0 Å². The maximum atomic E-state index is 13.7. The SMILES string of the molecule is [2H]C([2H])([2H])C([2H])([2H])c1c2c(nc3ccc(OC(=O)N4CCC(N5CCCCC5)CC4)cc13)-c1cc3c(c(=O)n1C2)COC(=O)[C@]3(O)CC. The molecule has 0 aliphatic carbocycles. The van der Waals surface area contributed by atoms with Gasteiger partial charge in [-0.05, 0) is 81.4 Å². The Bertz CT molecular complexity index is 1880. The molecule has 7 rings (SSSR count). The van der Waals surface area contributed by atoms with Gasteiger partial charge in [-0.3, -0.25) is 4.79 Å². The molecule has 3 aromatic rings. The van der Waals surface area contributed by atoms with Gasteiger partial charge in [0, 0.05) is 42.5 Å². The second kappa shape index (κ2) is 10.7. The molecule has 43 heavy (non-hydrogen) atoms. The molecule has 2 fully saturated rings. The molecular formula is C33H38N4O6. The summed E-state index contributed by atoms with van der Waals surface area (Å²) in [5.74, 6) is -0.763. The highest BCUT2D eigenvalue weighted by atomic mass is 16.6. The van der Waals surface area contributed by atoms with Crippen molar-refractivity contribution in [3.63, 3.8) is 0 Å². The molecule has 1 aromatic carbocycles. The summed E-state index contributed by atoms with van der Waals surface area (Å²) in [5.41, 5.74) is -1.82. The summed E-state index contributed by atoms with van der Waals surface area (Å²) in [4.78, 5) is 48.5. The molecule has 10 heteroatoms. The smallest absolute Gasteiger partial charge is 0.415 e. The van der Waals surface area contributed by atoms with Crippen LogP contribution in [0.4, 0.5) is 4.79 Å². The van der Waals surface area contributed by atoms with Crippen LogP contribution in [0.1, 0.15) is 81.4 Å². The summed E-state index contributed by atoms with van der Waals surface area (Å²) in [7, 11) is 0. The number of pyridine rings is 2. The zero-order valence-corrected chi connectivity index (χ0v) is 24.1. The van der Waals surface area contributed by atoms with E-state index in [0.29, 0.717) is 19.1 Å². The number of hydrogen-bond acceptors (Lipinski definition) is 8. The highest BCUT2D eigenvalue weighted by Gasteiger charge is 2.45. The van der Waals surface area contributed by atoms with Gasteiger partial charge >= 0.3 is 12.1 Å². The molecule has 10 nitrogen and oxygen atoms in total. The third kappa shape index (κ3) is 4.53. The number of ether oxygens (including phenoxy) is 2. The summed E-state index contributed by atoms with van der Waals surface area (Å²) >= 11 is 0. The van der Waals surface area contributed by atoms with Gasteiger partial charge in [0.25, 0.3) is 5.56 Å². The number of hydrogen-bond donors (Lipinski definition) is 1. The van der Waals surface area contributed by atoms with E-state index >= 15 is 0 Å². The summed E-state index contributed by atoms with van der Waals surface area (Å²) in [6.07, 6.45) is 1.88. The van der Waals surface area contributed by atoms with Crippen LogP contribution in [0.3, 0.4) is 0 Å². The molecule has 2 aromatic heterocycles. The van der Waals surface area contributed by atoms with Crippen molar-refractivity contribution in [3.05, 3.63) is 56.9 Å². The highest BCUT2D eigenvalue weighted by Crippen LogP contribution is 2.40. The number of cyclic esters (lactones) is 1. The lowest BCUT2D eigenvalue weighted by Gasteiger charge is -2.39. The fourth-order valence-electron chi connectivity index (χ4n) is 7.13. The lowest BCUT2D eigenvalue weighted by atomic mass is 9.86. The summed E-state index contributed by atoms with van der Waals surface area (Å²) in [5, 5.41) is 11.3. The summed E-state index contributed by atoms with van der Waals surface area (Å²) < 4.78 is 54.3. The molecule has 226 valence electrons. The van der Waals surface area contributed by atoms with Gasteiger partial charge in [0.15, 0.2) is 5.60 Å². The Hall–Kier alpha value is -3.76. The van der Waals surface area contributed by atoms with E-state index in [1.807, 2.05) is 0 Å². The van der Waals surface area contributed by atoms with E-state index in [9.17, 15) is 19.5 Å². The number of rotatable bonds is 4. The number of carbonyl (C=O) groups excluding carboxylic acids is 2. The first kappa shape index (κ1) is 22.7. The van der Waals surface area contributed by atoms with Crippen molar-refractivity contribution in [2.24, 2.45) is 0 Å². The number of likely N-dealkylation sites (tertiary alicyclic amines) is 2. The minimum Gasteiger partial charge on any atom is -0.458 e. The van der Waals surface area contributed by atoms with Crippen LogP contribution < -0.4 is 10.3 Å². The Morgan fingerprint density at radius 2 is 1.95 bits per heavy atom. The molecule has 1 N–H and O–H groups in total. The molecule has 0 spiro atoms. The number of benzene rings is 1. The number of aromatic nitrogens is 2. The number of amides is 1. The number of fused-ring (bicyclic) bond motifs is 5. The van der Waals surface area contributed by atoms with Crippen LogP contribution in [0.5, 0.6) is 5.75 Å². The van der Waals surface area contributed by atoms with Crippen LogP contribution in [0.15, 0.2) is 29.1 Å². The molecular weight excluding hydrogens is 548 g/mol. The first-order valence-electron chi connectivity index (χ1n) is 17.6. The van der Waals surface area contributed by atoms with Crippen molar-refractivity contribution in [3.8, 4) is 17.1 Å². The van der Waals surface area contributed by atoms with E-state index in [1.165, 1.54) is 48.1 Å². The predicted octanol–water partition coefficient (Wildman–Crippen LogP) is 4.09. The fraction of sp³-hybridized carbons (Fsp3) is 0.515. The minimum absolute atomic E-state index is 0.0511. The van der Waals surface area contributed by atoms with Crippen LogP contribution >= 0.6 is 0 Å². The van der Waals surface area contributed by atoms with Gasteiger partial charge in [0.2, 0.25) is 0 Å². The zero-order valence-electron chi connectivity index (χ0n) is 29.1. The van der Waals surface area contributed by atoms with Gasteiger partial charge < -0.3 is 28.9 Å². The van der Waals surface area contributed by atoms with Gasteiger partial charge in [-0.1, -0.05) is 20.2 Å². The predicted molar refractivity (Wildman–Crippen MR) is 160 cm³/mol. The Balaban J connectivity index is 1.26. The second-order valence-electron chi connectivity index (χ2n) is 11.9. The number of nitrogens with zero attached hydrogens (tertiary/aromatic N) is 4. The number of aryl methyl sites for hydroxylation is 1. The number of esters is 1. The molecule has 0 saturated carbocycles. The Morgan fingerprint density at radius 1 is 1.16 bits per heavy atom. The van der Waals surface area contributed by atoms with Crippen molar-refractivity contribution in [2.75, 3.05) is 26.2 Å². The second-order valence-corrected chi connectivity index (χ2v) is 11.9.